The van der Waals surface area contributed by atoms with Crippen LogP contribution in [-0.4, -0.2) is 24.5 Å². The lowest BCUT2D eigenvalue weighted by Gasteiger charge is -2.20. The minimum absolute atomic E-state index is 0.851. The molecule has 0 N–H and O–H groups in total. The summed E-state index contributed by atoms with van der Waals surface area (Å²) in [6, 6.07) is 0. The van der Waals surface area contributed by atoms with Gasteiger partial charge in [-0.1, -0.05) is 31.0 Å². The van der Waals surface area contributed by atoms with Crippen molar-refractivity contribution < 1.29 is 0 Å². The van der Waals surface area contributed by atoms with Crippen LogP contribution in [0.25, 0.3) is 0 Å². The maximum absolute atomic E-state index is 6.08. The van der Waals surface area contributed by atoms with Gasteiger partial charge in [-0.15, -0.1) is 0 Å². The van der Waals surface area contributed by atoms with Crippen molar-refractivity contribution in [2.24, 2.45) is 11.8 Å². The second-order valence-electron chi connectivity index (χ2n) is 4.72. The number of nitrogens with zero attached hydrogens (tertiary/aromatic N) is 1. The topological polar surface area (TPSA) is 3.24 Å². The van der Waals surface area contributed by atoms with E-state index in [-0.39, 0.29) is 0 Å². The molecule has 2 unspecified atom stereocenters. The van der Waals surface area contributed by atoms with Gasteiger partial charge in [0.1, 0.15) is 0 Å². The first-order chi connectivity index (χ1) is 6.79. The van der Waals surface area contributed by atoms with Crippen LogP contribution in [0, 0.1) is 11.8 Å². The van der Waals surface area contributed by atoms with Crippen molar-refractivity contribution in [3.8, 4) is 0 Å². The van der Waals surface area contributed by atoms with Crippen LogP contribution in [0.5, 0.6) is 0 Å². The minimum atomic E-state index is 0.851. The van der Waals surface area contributed by atoms with Crippen molar-refractivity contribution in [1.29, 1.82) is 0 Å². The fourth-order valence-electron chi connectivity index (χ4n) is 2.71. The van der Waals surface area contributed by atoms with Crippen LogP contribution in [0.3, 0.4) is 0 Å². The van der Waals surface area contributed by atoms with Gasteiger partial charge in [0.2, 0.25) is 0 Å². The average Bonchev–Trinajstić information content (AvgIpc) is 2.56. The van der Waals surface area contributed by atoms with E-state index in [4.69, 9.17) is 11.6 Å². The first-order valence-electron chi connectivity index (χ1n) is 5.86. The predicted molar refractivity (Wildman–Crippen MR) is 61.5 cm³/mol. The quantitative estimate of drug-likeness (QED) is 0.696. The highest BCUT2D eigenvalue weighted by molar-refractivity contribution is 6.29. The van der Waals surface area contributed by atoms with E-state index >= 15 is 0 Å². The van der Waals surface area contributed by atoms with Gasteiger partial charge in [-0.2, -0.15) is 0 Å². The third-order valence-electron chi connectivity index (χ3n) is 3.58. The number of halogens is 1. The highest BCUT2D eigenvalue weighted by atomic mass is 35.5. The fourth-order valence-corrected chi connectivity index (χ4v) is 3.00. The van der Waals surface area contributed by atoms with Crippen molar-refractivity contribution in [2.75, 3.05) is 19.6 Å². The van der Waals surface area contributed by atoms with E-state index in [9.17, 15) is 0 Å². The molecule has 0 saturated carbocycles. The Bertz CT molecular complexity index is 224. The fraction of sp³-hybridized carbons (Fsp3) is 0.833. The summed E-state index contributed by atoms with van der Waals surface area (Å²) in [6.45, 7) is 6.16. The van der Waals surface area contributed by atoms with E-state index < -0.39 is 0 Å². The van der Waals surface area contributed by atoms with Crippen molar-refractivity contribution >= 4 is 11.6 Å². The van der Waals surface area contributed by atoms with Gasteiger partial charge in [-0.05, 0) is 37.6 Å². The second kappa shape index (κ2) is 4.67. The summed E-state index contributed by atoms with van der Waals surface area (Å²) < 4.78 is 0. The monoisotopic (exact) mass is 213 g/mol. The summed E-state index contributed by atoms with van der Waals surface area (Å²) in [5, 5.41) is 1.10. The van der Waals surface area contributed by atoms with Crippen molar-refractivity contribution in [3.63, 3.8) is 0 Å². The van der Waals surface area contributed by atoms with Crippen LogP contribution in [0.2, 0.25) is 0 Å². The van der Waals surface area contributed by atoms with Gasteiger partial charge >= 0.3 is 0 Å². The van der Waals surface area contributed by atoms with Crippen molar-refractivity contribution in [1.82, 2.24) is 4.90 Å². The SMILES string of the molecule is CCCCN1CC2CC=C(Cl)CC2C1. The van der Waals surface area contributed by atoms with Crippen LogP contribution in [0.4, 0.5) is 0 Å². The molecular formula is C12H20ClN. The zero-order chi connectivity index (χ0) is 9.97. The lowest BCUT2D eigenvalue weighted by molar-refractivity contribution is 0.316. The van der Waals surface area contributed by atoms with Crippen LogP contribution in [0.1, 0.15) is 32.6 Å². The third kappa shape index (κ3) is 2.32. The maximum atomic E-state index is 6.08. The van der Waals surface area contributed by atoms with Gasteiger partial charge in [-0.3, -0.25) is 0 Å². The van der Waals surface area contributed by atoms with Crippen molar-refractivity contribution in [3.05, 3.63) is 11.1 Å². The number of unbranched alkanes of at least 4 members (excludes halogenated alkanes) is 1. The van der Waals surface area contributed by atoms with E-state index in [0.717, 1.165) is 23.3 Å². The summed E-state index contributed by atoms with van der Waals surface area (Å²) in [7, 11) is 0. The molecule has 0 amide bonds. The molecule has 1 heterocycles. The molecule has 2 rings (SSSR count). The normalized spacial score (nSPS) is 32.9. The average molecular weight is 214 g/mol. The molecule has 1 nitrogen and oxygen atoms in total. The Morgan fingerprint density at radius 2 is 2.21 bits per heavy atom. The minimum Gasteiger partial charge on any atom is -0.303 e. The molecule has 1 aliphatic carbocycles. The van der Waals surface area contributed by atoms with E-state index in [1.807, 2.05) is 0 Å². The van der Waals surface area contributed by atoms with Gasteiger partial charge in [0, 0.05) is 18.1 Å². The molecule has 0 spiro atoms. The Labute approximate surface area is 92.1 Å². The number of fused-ring (bicyclic) bond motifs is 1. The predicted octanol–water partition coefficient (Wildman–Crippen LogP) is 3.25. The van der Waals surface area contributed by atoms with Crippen LogP contribution in [-0.2, 0) is 0 Å². The largest absolute Gasteiger partial charge is 0.303 e. The lowest BCUT2D eigenvalue weighted by Crippen LogP contribution is -2.21. The van der Waals surface area contributed by atoms with Gasteiger partial charge in [0.05, 0.1) is 0 Å². The molecule has 2 heteroatoms. The smallest absolute Gasteiger partial charge is 0.0144 e. The number of allylic oxidation sites excluding steroid dienone is 2. The Morgan fingerprint density at radius 3 is 3.00 bits per heavy atom. The number of rotatable bonds is 3. The summed E-state index contributed by atoms with van der Waals surface area (Å²) in [5.41, 5.74) is 0. The second-order valence-corrected chi connectivity index (χ2v) is 5.21. The molecule has 1 aliphatic heterocycles. The Morgan fingerprint density at radius 1 is 1.43 bits per heavy atom. The van der Waals surface area contributed by atoms with Crippen molar-refractivity contribution in [2.45, 2.75) is 32.6 Å². The molecule has 2 aliphatic rings. The number of hydrogen-bond acceptors (Lipinski definition) is 1. The highest BCUT2D eigenvalue weighted by Crippen LogP contribution is 2.36. The van der Waals surface area contributed by atoms with E-state index in [1.165, 1.54) is 38.9 Å². The highest BCUT2D eigenvalue weighted by Gasteiger charge is 2.33. The molecule has 2 atom stereocenters. The first-order valence-corrected chi connectivity index (χ1v) is 6.24. The summed E-state index contributed by atoms with van der Waals surface area (Å²) in [4.78, 5) is 2.63. The molecule has 80 valence electrons. The first kappa shape index (κ1) is 10.5. The van der Waals surface area contributed by atoms with Gasteiger partial charge in [0.15, 0.2) is 0 Å². The summed E-state index contributed by atoms with van der Waals surface area (Å²) in [5.74, 6) is 1.75. The summed E-state index contributed by atoms with van der Waals surface area (Å²) in [6.07, 6.45) is 7.23. The molecule has 0 bridgehead atoms. The molecule has 0 radical (unpaired) electrons. The summed E-state index contributed by atoms with van der Waals surface area (Å²) >= 11 is 6.08. The maximum Gasteiger partial charge on any atom is 0.0144 e. The van der Waals surface area contributed by atoms with Gasteiger partial charge < -0.3 is 4.90 Å². The lowest BCUT2D eigenvalue weighted by atomic mass is 9.86. The van der Waals surface area contributed by atoms with Gasteiger partial charge in [-0.25, -0.2) is 0 Å². The molecule has 14 heavy (non-hydrogen) atoms. The van der Waals surface area contributed by atoms with Crippen LogP contribution >= 0.6 is 11.6 Å². The molecular weight excluding hydrogens is 194 g/mol. The molecule has 0 aromatic heterocycles. The third-order valence-corrected chi connectivity index (χ3v) is 3.89. The van der Waals surface area contributed by atoms with Crippen LogP contribution < -0.4 is 0 Å². The molecule has 1 saturated heterocycles. The Hall–Kier alpha value is -0.0100. The van der Waals surface area contributed by atoms with E-state index in [0.29, 0.717) is 0 Å². The number of hydrogen-bond donors (Lipinski definition) is 0. The standard InChI is InChI=1S/C12H20ClN/c1-2-3-6-14-8-10-4-5-12(13)7-11(10)9-14/h5,10-11H,2-4,6-9H2,1H3. The zero-order valence-corrected chi connectivity index (χ0v) is 9.76. The Balaban J connectivity index is 1.84. The van der Waals surface area contributed by atoms with E-state index in [1.54, 1.807) is 0 Å². The van der Waals surface area contributed by atoms with Gasteiger partial charge in [0.25, 0.3) is 0 Å². The zero-order valence-electron chi connectivity index (χ0n) is 9.01. The van der Waals surface area contributed by atoms with E-state index in [2.05, 4.69) is 17.9 Å². The number of likely N-dealkylation sites (tertiary alicyclic amines) is 1. The Kier molecular flexibility index (Phi) is 3.51. The molecule has 0 aromatic rings. The molecule has 0 aromatic carbocycles. The molecule has 1 fully saturated rings. The van der Waals surface area contributed by atoms with Crippen LogP contribution in [0.15, 0.2) is 11.1 Å².